The lowest BCUT2D eigenvalue weighted by Gasteiger charge is -2.26. The van der Waals surface area contributed by atoms with Gasteiger partial charge in [0.05, 0.1) is 86.6 Å². The van der Waals surface area contributed by atoms with Crippen molar-refractivity contribution in [1.82, 2.24) is 4.31 Å². The summed E-state index contributed by atoms with van der Waals surface area (Å²) >= 11 is -2.77. The molecule has 0 radical (unpaired) electrons. The van der Waals surface area contributed by atoms with Crippen molar-refractivity contribution in [2.24, 2.45) is 35.5 Å². The highest BCUT2D eigenvalue weighted by Gasteiger charge is 2.38. The minimum Gasteiger partial charge on any atom is -0.466 e. The molecule has 2 fully saturated rings. The molecule has 80 heavy (non-hydrogen) atoms. The van der Waals surface area contributed by atoms with Crippen LogP contribution in [0.1, 0.15) is 156 Å². The van der Waals surface area contributed by atoms with Crippen molar-refractivity contribution in [3.05, 3.63) is 47.6 Å². The van der Waals surface area contributed by atoms with Crippen LogP contribution in [0.4, 0.5) is 38.0 Å². The zero-order chi connectivity index (χ0) is 60.5. The Morgan fingerprint density at radius 1 is 0.550 bits per heavy atom. The lowest BCUT2D eigenvalue weighted by molar-refractivity contribution is -0.152. The van der Waals surface area contributed by atoms with E-state index in [9.17, 15) is 62.0 Å². The van der Waals surface area contributed by atoms with E-state index in [1.807, 2.05) is 0 Å². The lowest BCUT2D eigenvalue weighted by atomic mass is 9.87. The summed E-state index contributed by atoms with van der Waals surface area (Å²) in [6.45, 7) is 8.74. The highest BCUT2D eigenvalue weighted by atomic mass is 127. The molecular formula is C56H89F9INO12S. The normalized spacial score (nSPS) is 22.0. The van der Waals surface area contributed by atoms with Crippen LogP contribution < -0.4 is 0 Å². The van der Waals surface area contributed by atoms with E-state index in [0.29, 0.717) is 120 Å². The van der Waals surface area contributed by atoms with Gasteiger partial charge in [0.15, 0.2) is 0 Å². The van der Waals surface area contributed by atoms with Crippen LogP contribution >= 0.6 is 34.0 Å². The van der Waals surface area contributed by atoms with Crippen LogP contribution in [0.25, 0.3) is 0 Å². The number of carbonyl (C=O) groups excluding carboxylic acids is 5. The Morgan fingerprint density at radius 3 is 1.16 bits per heavy atom. The SMILES string of the molecule is CCOC(=O)C1CC=C(F)CC1.CCOC(=O)C1CC=C(F)CC1.CCOC(=O)C1CCC(=O)CC1.CCOC(=O)C1CCC(F)(F)CC1.COCCN(CCOC)S(F)(F)F.FC1=CCC(CI)CC1.OCC1CC=C(F)CC1. The van der Waals surface area contributed by atoms with E-state index >= 15 is 0 Å². The number of carbonyl (C=O) groups is 5. The molecule has 4 atom stereocenters. The third-order valence-corrected chi connectivity index (χ3v) is 15.4. The maximum absolute atomic E-state index is 12.7. The number of allylic oxidation sites excluding steroid dienone is 8. The van der Waals surface area contributed by atoms with Crippen LogP contribution in [0.15, 0.2) is 47.6 Å². The van der Waals surface area contributed by atoms with Gasteiger partial charge in [-0.25, -0.2) is 26.3 Å². The molecule has 466 valence electrons. The van der Waals surface area contributed by atoms with Gasteiger partial charge >= 0.3 is 23.9 Å². The largest absolute Gasteiger partial charge is 0.466 e. The maximum Gasteiger partial charge on any atom is 0.309 e. The standard InChI is InChI=1S/C9H14F2O2.2C9H13FO2.C9H14O3.C7H10FI.C7H11FO.C6H14F3NO2S/c1-2-13-8(12)7-3-5-9(10,11)6-4-7;3*1-2-12-9(11)7-3-5-8(10)6-4-7;2*8-7-3-1-6(5-9)2-4-7;1-11-5-3-10(4-6-12-2)13(7,8)9/h7H,2-6H2,1H3;2*5,7H,2-4,6H2,1H3;7H,2-6H2,1H3;3,6H,1-2,4-5H2;3,6,9H,1-2,4-5H2;3-6H2,1-2H3. The van der Waals surface area contributed by atoms with Crippen LogP contribution in [0, 0.1) is 35.5 Å². The molecular weight excluding hydrogens is 1210 g/mol. The number of methoxy groups -OCH3 is 2. The summed E-state index contributed by atoms with van der Waals surface area (Å²) in [6, 6.07) is 0. The molecule has 0 heterocycles. The number of halogens is 10. The molecule has 6 aliphatic rings. The molecule has 0 amide bonds. The first kappa shape index (κ1) is 76.8. The summed E-state index contributed by atoms with van der Waals surface area (Å²) in [5.74, 6) is -2.78. The average Bonchev–Trinajstić information content (AvgIpc) is 3.43. The molecule has 1 N–H and O–H groups in total. The average molecular weight is 1300 g/mol. The van der Waals surface area contributed by atoms with Crippen LogP contribution in [0.3, 0.4) is 0 Å². The number of ether oxygens (including phenoxy) is 6. The number of nitrogens with zero attached hydrogens (tertiary/aromatic N) is 1. The second-order valence-corrected chi connectivity index (χ2v) is 21.6. The van der Waals surface area contributed by atoms with Crippen molar-refractivity contribution >= 4 is 63.6 Å². The van der Waals surface area contributed by atoms with Gasteiger partial charge < -0.3 is 33.5 Å². The number of rotatable bonds is 17. The summed E-state index contributed by atoms with van der Waals surface area (Å²) in [6.07, 6.45) is 16.5. The quantitative estimate of drug-likeness (QED) is 0.0481. The molecule has 0 aromatic rings. The van der Waals surface area contributed by atoms with Crippen molar-refractivity contribution in [3.8, 4) is 0 Å². The van der Waals surface area contributed by atoms with Gasteiger partial charge in [0.2, 0.25) is 5.92 Å². The summed E-state index contributed by atoms with van der Waals surface area (Å²) in [5.41, 5.74) is 0. The van der Waals surface area contributed by atoms with Crippen molar-refractivity contribution in [1.29, 1.82) is 0 Å². The van der Waals surface area contributed by atoms with Gasteiger partial charge in [0.25, 0.3) is 11.4 Å². The third kappa shape index (κ3) is 37.1. The molecule has 13 nitrogen and oxygen atoms in total. The van der Waals surface area contributed by atoms with Gasteiger partial charge in [0.1, 0.15) is 5.78 Å². The van der Waals surface area contributed by atoms with E-state index in [4.69, 9.17) is 24.1 Å². The Balaban J connectivity index is 0.000000913. The number of aliphatic hydroxyl groups excluding tert-OH is 1. The lowest BCUT2D eigenvalue weighted by Crippen LogP contribution is -2.29. The number of hydrogen-bond donors (Lipinski definition) is 1. The zero-order valence-corrected chi connectivity index (χ0v) is 50.5. The molecule has 0 spiro atoms. The van der Waals surface area contributed by atoms with Crippen molar-refractivity contribution < 1.29 is 95.5 Å². The second-order valence-electron chi connectivity index (χ2n) is 19.4. The molecule has 0 saturated heterocycles. The molecule has 6 aliphatic carbocycles. The van der Waals surface area contributed by atoms with Gasteiger partial charge in [-0.2, -0.15) is 4.31 Å². The van der Waals surface area contributed by atoms with E-state index in [0.717, 1.165) is 25.2 Å². The Labute approximate surface area is 484 Å². The maximum atomic E-state index is 12.7. The fraction of sp³-hybridized carbons (Fsp3) is 0.768. The molecule has 2 saturated carbocycles. The van der Waals surface area contributed by atoms with E-state index in [1.165, 1.54) is 30.8 Å². The summed E-state index contributed by atoms with van der Waals surface area (Å²) in [5, 5.41) is 8.63. The number of aliphatic hydroxyl groups is 1. The molecule has 6 rings (SSSR count). The number of alkyl halides is 3. The highest BCUT2D eigenvalue weighted by molar-refractivity contribution is 14.1. The molecule has 0 aromatic carbocycles. The van der Waals surface area contributed by atoms with Crippen molar-refractivity contribution in [2.75, 3.05) is 78.0 Å². The second kappa shape index (κ2) is 45.3. The Kier molecular flexibility index (Phi) is 43.5. The topological polar surface area (TPSA) is 164 Å². The first-order valence-corrected chi connectivity index (χ1v) is 30.5. The fourth-order valence-corrected chi connectivity index (χ4v) is 9.61. The summed E-state index contributed by atoms with van der Waals surface area (Å²) in [7, 11) is 2.75. The predicted molar refractivity (Wildman–Crippen MR) is 299 cm³/mol. The van der Waals surface area contributed by atoms with Crippen LogP contribution in [-0.4, -0.2) is 123 Å². The Bertz CT molecular complexity index is 1790. The predicted octanol–water partition coefficient (Wildman–Crippen LogP) is 14.8. The van der Waals surface area contributed by atoms with Crippen LogP contribution in [0.2, 0.25) is 0 Å². The summed E-state index contributed by atoms with van der Waals surface area (Å²) < 4.78 is 142. The van der Waals surface area contributed by atoms with E-state index in [1.54, 1.807) is 39.8 Å². The monoisotopic (exact) mass is 1300 g/mol. The smallest absolute Gasteiger partial charge is 0.309 e. The zero-order valence-electron chi connectivity index (χ0n) is 47.6. The van der Waals surface area contributed by atoms with Gasteiger partial charge in [-0.15, -0.1) is 11.7 Å². The van der Waals surface area contributed by atoms with Gasteiger partial charge in [-0.05, 0) is 142 Å². The van der Waals surface area contributed by atoms with Gasteiger partial charge in [-0.3, -0.25) is 24.0 Å². The van der Waals surface area contributed by atoms with Gasteiger partial charge in [-0.1, -0.05) is 46.9 Å². The number of hydrogen-bond acceptors (Lipinski definition) is 13. The van der Waals surface area contributed by atoms with E-state index in [2.05, 4.69) is 32.1 Å². The summed E-state index contributed by atoms with van der Waals surface area (Å²) in [4.78, 5) is 55.4. The Morgan fingerprint density at radius 2 is 0.875 bits per heavy atom. The molecule has 0 aromatic heterocycles. The number of Topliss-reactive ketones (excluding diaryl/α,β-unsaturated/α-hetero) is 1. The van der Waals surface area contributed by atoms with Crippen LogP contribution in [-0.2, 0) is 52.4 Å². The first-order chi connectivity index (χ1) is 37.9. The van der Waals surface area contributed by atoms with Gasteiger partial charge in [0, 0.05) is 64.0 Å². The highest BCUT2D eigenvalue weighted by Crippen LogP contribution is 2.56. The number of esters is 4. The molecule has 0 bridgehead atoms. The third-order valence-electron chi connectivity index (χ3n) is 13.2. The minimum absolute atomic E-state index is 0.0142. The molecule has 4 unspecified atom stereocenters. The minimum atomic E-state index is -5.14. The van der Waals surface area contributed by atoms with Crippen molar-refractivity contribution in [3.63, 3.8) is 0 Å². The fourth-order valence-electron chi connectivity index (χ4n) is 8.25. The molecule has 24 heteroatoms. The Hall–Kier alpha value is -3.20. The van der Waals surface area contributed by atoms with E-state index in [-0.39, 0.29) is 135 Å². The van der Waals surface area contributed by atoms with Crippen molar-refractivity contribution in [2.45, 2.75) is 162 Å². The van der Waals surface area contributed by atoms with Crippen LogP contribution in [0.5, 0.6) is 0 Å². The number of ketones is 1. The molecule has 0 aliphatic heterocycles. The first-order valence-electron chi connectivity index (χ1n) is 27.7. The van der Waals surface area contributed by atoms with E-state index < -0.39 is 17.3 Å².